The van der Waals surface area contributed by atoms with E-state index in [4.69, 9.17) is 10.5 Å². The van der Waals surface area contributed by atoms with Crippen LogP contribution in [0.5, 0.6) is 0 Å². The highest BCUT2D eigenvalue weighted by Gasteiger charge is 2.34. The van der Waals surface area contributed by atoms with E-state index in [2.05, 4.69) is 24.5 Å². The van der Waals surface area contributed by atoms with E-state index < -0.39 is 0 Å². The maximum Gasteiger partial charge on any atom is 0.239 e. The van der Waals surface area contributed by atoms with Gasteiger partial charge in [-0.1, -0.05) is 13.8 Å². The summed E-state index contributed by atoms with van der Waals surface area (Å²) < 4.78 is 5.85. The van der Waals surface area contributed by atoms with Gasteiger partial charge in [0.2, 0.25) is 11.8 Å². The molecule has 1 saturated heterocycles. The normalized spacial score (nSPS) is 21.7. The van der Waals surface area contributed by atoms with Crippen molar-refractivity contribution >= 4 is 11.8 Å². The molecule has 0 aromatic rings. The summed E-state index contributed by atoms with van der Waals surface area (Å²) in [7, 11) is 0. The lowest BCUT2D eigenvalue weighted by atomic mass is 9.86. The van der Waals surface area contributed by atoms with E-state index in [-0.39, 0.29) is 36.5 Å². The van der Waals surface area contributed by atoms with Crippen LogP contribution in [0.4, 0.5) is 0 Å². The van der Waals surface area contributed by atoms with Crippen LogP contribution in [0.25, 0.3) is 0 Å². The number of nitrogens with one attached hydrogen (secondary N) is 2. The Balaban J connectivity index is 2.39. The average Bonchev–Trinajstić information content (AvgIpc) is 2.44. The van der Waals surface area contributed by atoms with Gasteiger partial charge in [0.1, 0.15) is 0 Å². The zero-order chi connectivity index (χ0) is 14.3. The number of hydrogen-bond donors (Lipinski definition) is 3. The van der Waals surface area contributed by atoms with E-state index in [0.29, 0.717) is 6.61 Å². The van der Waals surface area contributed by atoms with Crippen LogP contribution in [0.15, 0.2) is 0 Å². The van der Waals surface area contributed by atoms with Crippen molar-refractivity contribution in [1.29, 1.82) is 0 Å². The van der Waals surface area contributed by atoms with Gasteiger partial charge >= 0.3 is 0 Å². The highest BCUT2D eigenvalue weighted by molar-refractivity contribution is 5.85. The second-order valence-electron chi connectivity index (χ2n) is 4.98. The molecule has 110 valence electrons. The van der Waals surface area contributed by atoms with Crippen molar-refractivity contribution in [1.82, 2.24) is 10.6 Å². The van der Waals surface area contributed by atoms with E-state index in [1.807, 2.05) is 0 Å². The van der Waals surface area contributed by atoms with Crippen molar-refractivity contribution in [2.45, 2.75) is 51.2 Å². The van der Waals surface area contributed by atoms with Crippen molar-refractivity contribution in [3.05, 3.63) is 0 Å². The van der Waals surface area contributed by atoms with Gasteiger partial charge in [0.05, 0.1) is 18.7 Å². The third-order valence-corrected chi connectivity index (χ3v) is 3.78. The molecule has 1 rings (SSSR count). The van der Waals surface area contributed by atoms with E-state index in [9.17, 15) is 9.59 Å². The molecule has 1 aliphatic rings. The lowest BCUT2D eigenvalue weighted by Gasteiger charge is -2.40. The van der Waals surface area contributed by atoms with Gasteiger partial charge in [-0.05, 0) is 25.7 Å². The summed E-state index contributed by atoms with van der Waals surface area (Å²) in [5.41, 5.74) is 5.04. The Hall–Kier alpha value is -1.14. The van der Waals surface area contributed by atoms with Crippen LogP contribution in [0, 0.1) is 0 Å². The monoisotopic (exact) mass is 271 g/mol. The van der Waals surface area contributed by atoms with Crippen molar-refractivity contribution in [2.24, 2.45) is 5.73 Å². The van der Waals surface area contributed by atoms with Gasteiger partial charge in [0.15, 0.2) is 0 Å². The number of rotatable bonds is 6. The minimum absolute atomic E-state index is 0.0152. The fraction of sp³-hybridized carbons (Fsp3) is 0.846. The van der Waals surface area contributed by atoms with E-state index in [0.717, 1.165) is 25.7 Å². The lowest BCUT2D eigenvalue weighted by Crippen LogP contribution is -2.50. The molecular formula is C13H25N3O3. The predicted molar refractivity (Wildman–Crippen MR) is 72.5 cm³/mol. The Kier molecular flexibility index (Phi) is 6.24. The molecule has 0 radical (unpaired) electrons. The Morgan fingerprint density at radius 2 is 2.00 bits per heavy atom. The molecule has 2 amide bonds. The second kappa shape index (κ2) is 7.45. The van der Waals surface area contributed by atoms with Crippen LogP contribution < -0.4 is 16.4 Å². The van der Waals surface area contributed by atoms with Gasteiger partial charge in [0.25, 0.3) is 0 Å². The second-order valence-corrected chi connectivity index (χ2v) is 4.98. The van der Waals surface area contributed by atoms with Crippen LogP contribution >= 0.6 is 0 Å². The summed E-state index contributed by atoms with van der Waals surface area (Å²) in [5, 5.41) is 5.41. The summed E-state index contributed by atoms with van der Waals surface area (Å²) in [6, 6.07) is 0.121. The fourth-order valence-corrected chi connectivity index (χ4v) is 2.42. The number of ether oxygens (including phenoxy) is 1. The molecule has 0 aromatic heterocycles. The predicted octanol–water partition coefficient (Wildman–Crippen LogP) is -0.0847. The molecular weight excluding hydrogens is 246 g/mol. The van der Waals surface area contributed by atoms with E-state index in [1.54, 1.807) is 0 Å². The molecule has 0 bridgehead atoms. The molecule has 0 aromatic carbocycles. The summed E-state index contributed by atoms with van der Waals surface area (Å²) in [6.45, 7) is 4.77. The van der Waals surface area contributed by atoms with Crippen LogP contribution in [-0.2, 0) is 14.3 Å². The first kappa shape index (κ1) is 15.9. The largest absolute Gasteiger partial charge is 0.375 e. The standard InChI is InChI=1S/C13H25N3O3/c1-3-13(4-2)7-10(5-6-19-13)16-12(18)9-15-11(17)8-14/h10H,3-9,14H2,1-2H3,(H,15,17)(H,16,18). The first-order valence-corrected chi connectivity index (χ1v) is 6.95. The first-order chi connectivity index (χ1) is 9.05. The van der Waals surface area contributed by atoms with Crippen LogP contribution in [0.2, 0.25) is 0 Å². The third kappa shape index (κ3) is 4.80. The Morgan fingerprint density at radius 1 is 1.32 bits per heavy atom. The van der Waals surface area contributed by atoms with Crippen molar-refractivity contribution in [3.63, 3.8) is 0 Å². The number of carbonyl (C=O) groups is 2. The molecule has 0 saturated carbocycles. The van der Waals surface area contributed by atoms with Gasteiger partial charge in [-0.15, -0.1) is 0 Å². The highest BCUT2D eigenvalue weighted by atomic mass is 16.5. The molecule has 1 unspecified atom stereocenters. The van der Waals surface area contributed by atoms with Crippen molar-refractivity contribution in [2.75, 3.05) is 19.7 Å². The van der Waals surface area contributed by atoms with Crippen molar-refractivity contribution < 1.29 is 14.3 Å². The van der Waals surface area contributed by atoms with E-state index in [1.165, 1.54) is 0 Å². The fourth-order valence-electron chi connectivity index (χ4n) is 2.42. The van der Waals surface area contributed by atoms with E-state index >= 15 is 0 Å². The zero-order valence-electron chi connectivity index (χ0n) is 11.8. The quantitative estimate of drug-likeness (QED) is 0.629. The lowest BCUT2D eigenvalue weighted by molar-refractivity contribution is -0.128. The molecule has 0 spiro atoms. The van der Waals surface area contributed by atoms with Gasteiger partial charge < -0.3 is 21.1 Å². The summed E-state index contributed by atoms with van der Waals surface area (Å²) >= 11 is 0. The number of amides is 2. The number of carbonyl (C=O) groups excluding carboxylic acids is 2. The molecule has 1 aliphatic heterocycles. The third-order valence-electron chi connectivity index (χ3n) is 3.78. The number of nitrogens with two attached hydrogens (primary N) is 1. The van der Waals surface area contributed by atoms with Gasteiger partial charge in [-0.2, -0.15) is 0 Å². The summed E-state index contributed by atoms with van der Waals surface area (Å²) in [5.74, 6) is -0.492. The summed E-state index contributed by atoms with van der Waals surface area (Å²) in [6.07, 6.45) is 3.54. The van der Waals surface area contributed by atoms with Crippen LogP contribution in [0.3, 0.4) is 0 Å². The van der Waals surface area contributed by atoms with Gasteiger partial charge in [-0.3, -0.25) is 9.59 Å². The van der Waals surface area contributed by atoms with Crippen molar-refractivity contribution in [3.8, 4) is 0 Å². The zero-order valence-corrected chi connectivity index (χ0v) is 11.8. The molecule has 6 nitrogen and oxygen atoms in total. The highest BCUT2D eigenvalue weighted by Crippen LogP contribution is 2.31. The molecule has 1 heterocycles. The molecule has 1 fully saturated rings. The number of hydrogen-bond acceptors (Lipinski definition) is 4. The van der Waals surface area contributed by atoms with Gasteiger partial charge in [0, 0.05) is 12.6 Å². The Morgan fingerprint density at radius 3 is 2.58 bits per heavy atom. The smallest absolute Gasteiger partial charge is 0.239 e. The maximum absolute atomic E-state index is 11.7. The molecule has 0 aliphatic carbocycles. The Bertz CT molecular complexity index is 316. The topological polar surface area (TPSA) is 93.5 Å². The molecule has 19 heavy (non-hydrogen) atoms. The van der Waals surface area contributed by atoms with Crippen LogP contribution in [-0.4, -0.2) is 43.2 Å². The maximum atomic E-state index is 11.7. The molecule has 6 heteroatoms. The first-order valence-electron chi connectivity index (χ1n) is 6.95. The Labute approximate surface area is 114 Å². The summed E-state index contributed by atoms with van der Waals surface area (Å²) in [4.78, 5) is 22.7. The SMILES string of the molecule is CCC1(CC)CC(NC(=O)CNC(=O)CN)CCO1. The minimum Gasteiger partial charge on any atom is -0.375 e. The van der Waals surface area contributed by atoms with Gasteiger partial charge in [-0.25, -0.2) is 0 Å². The molecule has 1 atom stereocenters. The van der Waals surface area contributed by atoms with Crippen LogP contribution in [0.1, 0.15) is 39.5 Å². The molecule has 4 N–H and O–H groups in total. The average molecular weight is 271 g/mol. The minimum atomic E-state index is -0.321.